The number of hydrogen-bond acceptors (Lipinski definition) is 3. The van der Waals surface area contributed by atoms with Gasteiger partial charge in [0.15, 0.2) is 0 Å². The lowest BCUT2D eigenvalue weighted by molar-refractivity contribution is -0.138. The Labute approximate surface area is 106 Å². The van der Waals surface area contributed by atoms with Crippen molar-refractivity contribution in [2.24, 2.45) is 0 Å². The third-order valence-corrected chi connectivity index (χ3v) is 2.86. The van der Waals surface area contributed by atoms with E-state index in [0.717, 1.165) is 18.4 Å². The van der Waals surface area contributed by atoms with Crippen LogP contribution in [0.4, 0.5) is 13.2 Å². The van der Waals surface area contributed by atoms with Crippen LogP contribution in [0.3, 0.4) is 0 Å². The lowest BCUT2D eigenvalue weighted by Crippen LogP contribution is -2.35. The zero-order chi connectivity index (χ0) is 13.8. The number of carbonyl (C=O) groups excluding carboxylic acids is 1. The summed E-state index contributed by atoms with van der Waals surface area (Å²) in [6.45, 7) is -1.60. The topological polar surface area (TPSA) is 40.5 Å². The van der Waals surface area contributed by atoms with Gasteiger partial charge in [0.25, 0.3) is 5.91 Å². The van der Waals surface area contributed by atoms with Crippen LogP contribution in [-0.4, -0.2) is 42.3 Å². The van der Waals surface area contributed by atoms with Crippen molar-refractivity contribution in [3.8, 4) is 11.8 Å². The summed E-state index contributed by atoms with van der Waals surface area (Å²) in [5.74, 6) is 4.28. The summed E-state index contributed by atoms with van der Waals surface area (Å²) >= 11 is 0.992. The van der Waals surface area contributed by atoms with E-state index < -0.39 is 18.6 Å². The van der Waals surface area contributed by atoms with Crippen LogP contribution in [-0.2, 0) is 0 Å². The Morgan fingerprint density at radius 3 is 2.72 bits per heavy atom. The molecule has 0 aliphatic rings. The van der Waals surface area contributed by atoms with E-state index in [2.05, 4.69) is 11.8 Å². The highest BCUT2D eigenvalue weighted by Crippen LogP contribution is 2.20. The van der Waals surface area contributed by atoms with Crippen LogP contribution < -0.4 is 0 Å². The molecule has 0 aliphatic carbocycles. The van der Waals surface area contributed by atoms with Gasteiger partial charge in [0.05, 0.1) is 9.75 Å². The first-order chi connectivity index (χ1) is 8.33. The average Bonchev–Trinajstić information content (AvgIpc) is 2.71. The summed E-state index contributed by atoms with van der Waals surface area (Å²) < 4.78 is 36.3. The van der Waals surface area contributed by atoms with E-state index in [4.69, 9.17) is 5.11 Å². The van der Waals surface area contributed by atoms with Gasteiger partial charge >= 0.3 is 6.18 Å². The van der Waals surface area contributed by atoms with Crippen LogP contribution in [0.25, 0.3) is 0 Å². The number of nitrogens with zero attached hydrogens (tertiary/aromatic N) is 1. The average molecular weight is 277 g/mol. The quantitative estimate of drug-likeness (QED) is 0.836. The second-order valence-electron chi connectivity index (χ2n) is 3.40. The lowest BCUT2D eigenvalue weighted by Gasteiger charge is -2.17. The minimum absolute atomic E-state index is 0.184. The van der Waals surface area contributed by atoms with Gasteiger partial charge in [-0.2, -0.15) is 13.2 Å². The molecule has 0 spiro atoms. The molecule has 0 unspecified atom stereocenters. The van der Waals surface area contributed by atoms with Crippen LogP contribution in [0.5, 0.6) is 0 Å². The molecule has 98 valence electrons. The molecule has 18 heavy (non-hydrogen) atoms. The summed E-state index contributed by atoms with van der Waals surface area (Å²) in [5, 5.41) is 8.49. The molecule has 1 amide bonds. The Kier molecular flexibility index (Phi) is 4.76. The third kappa shape index (κ3) is 4.39. The highest BCUT2D eigenvalue weighted by molar-refractivity contribution is 7.14. The fraction of sp³-hybridized carbons (Fsp3) is 0.364. The van der Waals surface area contributed by atoms with E-state index in [-0.39, 0.29) is 11.5 Å². The molecule has 0 saturated carbocycles. The Morgan fingerprint density at radius 2 is 2.17 bits per heavy atom. The van der Waals surface area contributed by atoms with Gasteiger partial charge in [0.2, 0.25) is 0 Å². The Hall–Kier alpha value is -1.52. The molecule has 1 heterocycles. The number of halogens is 3. The number of aliphatic hydroxyl groups is 1. The van der Waals surface area contributed by atoms with E-state index >= 15 is 0 Å². The van der Waals surface area contributed by atoms with Crippen molar-refractivity contribution in [3.05, 3.63) is 21.9 Å². The van der Waals surface area contributed by atoms with Crippen molar-refractivity contribution in [1.82, 2.24) is 4.90 Å². The second-order valence-corrected chi connectivity index (χ2v) is 4.48. The number of carbonyl (C=O) groups is 1. The molecular weight excluding hydrogens is 267 g/mol. The smallest absolute Gasteiger partial charge is 0.384 e. The Morgan fingerprint density at radius 1 is 1.50 bits per heavy atom. The minimum Gasteiger partial charge on any atom is -0.384 e. The van der Waals surface area contributed by atoms with Crippen molar-refractivity contribution < 1.29 is 23.1 Å². The van der Waals surface area contributed by atoms with Gasteiger partial charge < -0.3 is 10.0 Å². The largest absolute Gasteiger partial charge is 0.406 e. The van der Waals surface area contributed by atoms with E-state index in [0.29, 0.717) is 9.78 Å². The first kappa shape index (κ1) is 14.5. The van der Waals surface area contributed by atoms with Gasteiger partial charge in [0.1, 0.15) is 13.2 Å². The van der Waals surface area contributed by atoms with Crippen molar-refractivity contribution in [2.75, 3.05) is 20.2 Å². The Bertz CT molecular complexity index is 484. The fourth-order valence-corrected chi connectivity index (χ4v) is 2.05. The maximum Gasteiger partial charge on any atom is 0.406 e. The molecule has 7 heteroatoms. The molecule has 0 bridgehead atoms. The van der Waals surface area contributed by atoms with Crippen LogP contribution in [0.2, 0.25) is 0 Å². The molecule has 3 nitrogen and oxygen atoms in total. The molecule has 1 N–H and O–H groups in total. The molecule has 0 aromatic carbocycles. The van der Waals surface area contributed by atoms with Gasteiger partial charge in [0, 0.05) is 7.05 Å². The number of hydrogen-bond donors (Lipinski definition) is 1. The summed E-state index contributed by atoms with van der Waals surface area (Å²) in [5.41, 5.74) is 0. The van der Waals surface area contributed by atoms with E-state index in [1.165, 1.54) is 12.1 Å². The zero-order valence-electron chi connectivity index (χ0n) is 9.41. The van der Waals surface area contributed by atoms with Crippen molar-refractivity contribution in [1.29, 1.82) is 0 Å². The Balaban J connectivity index is 2.75. The monoisotopic (exact) mass is 277 g/mol. The summed E-state index contributed by atoms with van der Waals surface area (Å²) in [4.78, 5) is 13.0. The van der Waals surface area contributed by atoms with Gasteiger partial charge in [-0.15, -0.1) is 11.3 Å². The zero-order valence-corrected chi connectivity index (χ0v) is 10.2. The molecule has 0 atom stereocenters. The van der Waals surface area contributed by atoms with Crippen LogP contribution in [0.1, 0.15) is 14.5 Å². The molecule has 1 rings (SSSR count). The van der Waals surface area contributed by atoms with E-state index in [1.54, 1.807) is 0 Å². The van der Waals surface area contributed by atoms with Crippen LogP contribution >= 0.6 is 11.3 Å². The summed E-state index contributed by atoms with van der Waals surface area (Å²) in [6, 6.07) is 2.95. The van der Waals surface area contributed by atoms with Gasteiger partial charge in [-0.1, -0.05) is 11.8 Å². The van der Waals surface area contributed by atoms with E-state index in [1.807, 2.05) is 0 Å². The lowest BCUT2D eigenvalue weighted by atomic mass is 10.4. The highest BCUT2D eigenvalue weighted by Gasteiger charge is 2.31. The van der Waals surface area contributed by atoms with Crippen molar-refractivity contribution in [3.63, 3.8) is 0 Å². The van der Waals surface area contributed by atoms with Crippen LogP contribution in [0.15, 0.2) is 12.1 Å². The molecule has 1 aromatic heterocycles. The van der Waals surface area contributed by atoms with Gasteiger partial charge in [-0.05, 0) is 12.1 Å². The molecule has 0 fully saturated rings. The maximum atomic E-state index is 12.1. The van der Waals surface area contributed by atoms with Crippen molar-refractivity contribution >= 4 is 17.2 Å². The predicted octanol–water partition coefficient (Wildman–Crippen LogP) is 1.73. The summed E-state index contributed by atoms with van der Waals surface area (Å²) in [6.07, 6.45) is -4.42. The SMILES string of the molecule is CN(CC(F)(F)F)C(=O)c1ccc(C#CCO)s1. The molecule has 0 radical (unpaired) electrons. The highest BCUT2D eigenvalue weighted by atomic mass is 32.1. The number of alkyl halides is 3. The number of thiophene rings is 1. The van der Waals surface area contributed by atoms with E-state index in [9.17, 15) is 18.0 Å². The minimum atomic E-state index is -4.42. The standard InChI is InChI=1S/C11H10F3NO2S/c1-15(7-11(12,13)14)10(17)9-5-4-8(18-9)3-2-6-16/h4-5,16H,6-7H2,1H3. The van der Waals surface area contributed by atoms with Crippen LogP contribution in [0, 0.1) is 11.8 Å². The maximum absolute atomic E-state index is 12.1. The fourth-order valence-electron chi connectivity index (χ4n) is 1.18. The first-order valence-corrected chi connectivity index (χ1v) is 5.67. The molecule has 1 aromatic rings. The number of rotatable bonds is 2. The third-order valence-electron chi connectivity index (χ3n) is 1.87. The summed E-state index contributed by atoms with van der Waals surface area (Å²) in [7, 11) is 1.09. The first-order valence-electron chi connectivity index (χ1n) is 4.85. The second kappa shape index (κ2) is 5.89. The molecule has 0 aliphatic heterocycles. The van der Waals surface area contributed by atoms with Gasteiger partial charge in [-0.3, -0.25) is 4.79 Å². The number of amides is 1. The normalized spacial score (nSPS) is 10.7. The number of aliphatic hydroxyl groups excluding tert-OH is 1. The van der Waals surface area contributed by atoms with Gasteiger partial charge in [-0.25, -0.2) is 0 Å². The molecular formula is C11H10F3NO2S. The predicted molar refractivity (Wildman–Crippen MR) is 61.3 cm³/mol. The van der Waals surface area contributed by atoms with Crippen molar-refractivity contribution in [2.45, 2.75) is 6.18 Å². The molecule has 0 saturated heterocycles.